The lowest BCUT2D eigenvalue weighted by Crippen LogP contribution is -2.15. The molecule has 1 aromatic rings. The van der Waals surface area contributed by atoms with Gasteiger partial charge in [-0.25, -0.2) is 9.59 Å². The van der Waals surface area contributed by atoms with Crippen molar-refractivity contribution in [2.75, 3.05) is 13.2 Å². The third kappa shape index (κ3) is 9.95. The number of carbonyl (C=O) groups excluding carboxylic acids is 2. The minimum atomic E-state index is -0.572. The Hall–Kier alpha value is -2.56. The molecule has 0 aliphatic rings. The van der Waals surface area contributed by atoms with E-state index < -0.39 is 11.9 Å². The molecule has 5 nitrogen and oxygen atoms in total. The van der Waals surface area contributed by atoms with Crippen LogP contribution >= 0.6 is 0 Å². The molecule has 0 radical (unpaired) electrons. The molecule has 0 bridgehead atoms. The number of hydrogen-bond acceptors (Lipinski definition) is 5. The van der Waals surface area contributed by atoms with Crippen LogP contribution in [0.4, 0.5) is 0 Å². The molecule has 5 heteroatoms. The number of benzene rings is 1. The lowest BCUT2D eigenvalue weighted by Gasteiger charge is -2.12. The second kappa shape index (κ2) is 13.6. The van der Waals surface area contributed by atoms with Gasteiger partial charge in [0, 0.05) is 12.5 Å². The fraction of sp³-hybridized carbons (Fsp3) is 0.478. The van der Waals surface area contributed by atoms with E-state index in [4.69, 9.17) is 14.2 Å². The van der Waals surface area contributed by atoms with Gasteiger partial charge in [-0.05, 0) is 31.4 Å². The average molecular weight is 389 g/mol. The number of hydrogen-bond donors (Lipinski definition) is 0. The van der Waals surface area contributed by atoms with Crippen LogP contribution in [0, 0.1) is 5.92 Å². The molecule has 0 N–H and O–H groups in total. The van der Waals surface area contributed by atoms with E-state index in [0.29, 0.717) is 29.4 Å². The zero-order chi connectivity index (χ0) is 20.8. The molecular weight excluding hydrogens is 356 g/mol. The van der Waals surface area contributed by atoms with Crippen molar-refractivity contribution in [1.82, 2.24) is 0 Å². The van der Waals surface area contributed by atoms with E-state index in [1.165, 1.54) is 0 Å². The summed E-state index contributed by atoms with van der Waals surface area (Å²) >= 11 is 0. The van der Waals surface area contributed by atoms with Crippen LogP contribution in [0.5, 0.6) is 5.75 Å². The summed E-state index contributed by atoms with van der Waals surface area (Å²) in [4.78, 5) is 23.9. The first-order chi connectivity index (χ1) is 13.4. The highest BCUT2D eigenvalue weighted by molar-refractivity contribution is 5.89. The first kappa shape index (κ1) is 23.5. The SMILES string of the molecule is C=CC(=O)OC(CCCCCC(C)C)=C(C)C(=O)OCCOc1ccccc1. The van der Waals surface area contributed by atoms with Crippen LogP contribution in [0.3, 0.4) is 0 Å². The molecule has 0 heterocycles. The third-order valence-corrected chi connectivity index (χ3v) is 4.13. The van der Waals surface area contributed by atoms with E-state index in [1.807, 2.05) is 30.3 Å². The number of allylic oxidation sites excluding steroid dienone is 1. The smallest absolute Gasteiger partial charge is 0.337 e. The summed E-state index contributed by atoms with van der Waals surface area (Å²) in [5.74, 6) is 0.655. The quantitative estimate of drug-likeness (QED) is 0.201. The number of carbonyl (C=O) groups is 2. The van der Waals surface area contributed by atoms with Crippen molar-refractivity contribution in [3.05, 3.63) is 54.3 Å². The predicted molar refractivity (Wildman–Crippen MR) is 110 cm³/mol. The van der Waals surface area contributed by atoms with Crippen molar-refractivity contribution in [3.8, 4) is 5.75 Å². The monoisotopic (exact) mass is 388 g/mol. The van der Waals surface area contributed by atoms with Crippen LogP contribution < -0.4 is 4.74 Å². The molecular formula is C23H32O5. The zero-order valence-corrected chi connectivity index (χ0v) is 17.2. The second-order valence-corrected chi connectivity index (χ2v) is 6.96. The second-order valence-electron chi connectivity index (χ2n) is 6.96. The normalized spacial score (nSPS) is 11.6. The van der Waals surface area contributed by atoms with Gasteiger partial charge < -0.3 is 14.2 Å². The van der Waals surface area contributed by atoms with Gasteiger partial charge in [0.15, 0.2) is 0 Å². The largest absolute Gasteiger partial charge is 0.490 e. The van der Waals surface area contributed by atoms with Gasteiger partial charge in [0.05, 0.1) is 5.57 Å². The average Bonchev–Trinajstić information content (AvgIpc) is 2.69. The van der Waals surface area contributed by atoms with Crippen molar-refractivity contribution in [2.24, 2.45) is 5.92 Å². The summed E-state index contributed by atoms with van der Waals surface area (Å²) in [6, 6.07) is 9.30. The van der Waals surface area contributed by atoms with Crippen LogP contribution in [0.25, 0.3) is 0 Å². The fourth-order valence-corrected chi connectivity index (χ4v) is 2.53. The Morgan fingerprint density at radius 3 is 2.43 bits per heavy atom. The van der Waals surface area contributed by atoms with Crippen LogP contribution in [-0.2, 0) is 19.1 Å². The molecule has 0 saturated heterocycles. The van der Waals surface area contributed by atoms with Crippen molar-refractivity contribution < 1.29 is 23.8 Å². The van der Waals surface area contributed by atoms with E-state index in [0.717, 1.165) is 31.8 Å². The topological polar surface area (TPSA) is 61.8 Å². The fourth-order valence-electron chi connectivity index (χ4n) is 2.53. The molecule has 0 saturated carbocycles. The van der Waals surface area contributed by atoms with E-state index in [-0.39, 0.29) is 13.2 Å². The summed E-state index contributed by atoms with van der Waals surface area (Å²) in [7, 11) is 0. The van der Waals surface area contributed by atoms with Gasteiger partial charge in [0.25, 0.3) is 0 Å². The summed E-state index contributed by atoms with van der Waals surface area (Å²) in [6.07, 6.45) is 5.73. The number of unbranched alkanes of at least 4 members (excludes halogenated alkanes) is 2. The molecule has 28 heavy (non-hydrogen) atoms. The van der Waals surface area contributed by atoms with E-state index in [9.17, 15) is 9.59 Å². The maximum atomic E-state index is 12.3. The van der Waals surface area contributed by atoms with Gasteiger partial charge in [0.1, 0.15) is 24.7 Å². The molecule has 0 fully saturated rings. The van der Waals surface area contributed by atoms with Gasteiger partial charge in [-0.15, -0.1) is 0 Å². The molecule has 1 rings (SSSR count). The lowest BCUT2D eigenvalue weighted by atomic mass is 10.0. The van der Waals surface area contributed by atoms with Crippen molar-refractivity contribution in [1.29, 1.82) is 0 Å². The molecule has 0 amide bonds. The third-order valence-electron chi connectivity index (χ3n) is 4.13. The number of esters is 2. The van der Waals surface area contributed by atoms with Crippen molar-refractivity contribution >= 4 is 11.9 Å². The molecule has 154 valence electrons. The van der Waals surface area contributed by atoms with E-state index in [2.05, 4.69) is 20.4 Å². The summed E-state index contributed by atoms with van der Waals surface area (Å²) < 4.78 is 16.0. The maximum Gasteiger partial charge on any atom is 0.337 e. The Kier molecular flexibility index (Phi) is 11.4. The van der Waals surface area contributed by atoms with Crippen LogP contribution in [-0.4, -0.2) is 25.2 Å². The highest BCUT2D eigenvalue weighted by Crippen LogP contribution is 2.18. The van der Waals surface area contributed by atoms with Gasteiger partial charge in [-0.2, -0.15) is 0 Å². The van der Waals surface area contributed by atoms with Gasteiger partial charge >= 0.3 is 11.9 Å². The zero-order valence-electron chi connectivity index (χ0n) is 17.2. The molecule has 0 aliphatic heterocycles. The van der Waals surface area contributed by atoms with Crippen LogP contribution in [0.15, 0.2) is 54.3 Å². The lowest BCUT2D eigenvalue weighted by molar-refractivity contribution is -0.140. The predicted octanol–water partition coefficient (Wildman–Crippen LogP) is 5.22. The molecule has 0 atom stereocenters. The van der Waals surface area contributed by atoms with Crippen molar-refractivity contribution in [2.45, 2.75) is 52.9 Å². The minimum Gasteiger partial charge on any atom is -0.490 e. The van der Waals surface area contributed by atoms with Gasteiger partial charge in [-0.1, -0.05) is 57.9 Å². The Balaban J connectivity index is 2.52. The standard InChI is InChI=1S/C23H32O5/c1-5-22(24)28-21(15-11-6-8-12-18(2)3)19(4)23(25)27-17-16-26-20-13-9-7-10-14-20/h5,7,9-10,13-14,18H,1,6,8,11-12,15-17H2,2-4H3. The highest BCUT2D eigenvalue weighted by atomic mass is 16.6. The number of rotatable bonds is 13. The maximum absolute atomic E-state index is 12.3. The minimum absolute atomic E-state index is 0.113. The molecule has 1 aromatic carbocycles. The molecule has 0 unspecified atom stereocenters. The number of ether oxygens (including phenoxy) is 3. The Morgan fingerprint density at radius 1 is 1.07 bits per heavy atom. The van der Waals surface area contributed by atoms with E-state index >= 15 is 0 Å². The first-order valence-corrected chi connectivity index (χ1v) is 9.83. The Labute approximate surface area is 168 Å². The van der Waals surface area contributed by atoms with Gasteiger partial charge in [-0.3, -0.25) is 0 Å². The molecule has 0 aromatic heterocycles. The summed E-state index contributed by atoms with van der Waals surface area (Å²) in [6.45, 7) is 9.77. The van der Waals surface area contributed by atoms with E-state index in [1.54, 1.807) is 6.92 Å². The summed E-state index contributed by atoms with van der Waals surface area (Å²) in [5, 5.41) is 0. The summed E-state index contributed by atoms with van der Waals surface area (Å²) in [5.41, 5.74) is 0.304. The Bertz CT molecular complexity index is 646. The van der Waals surface area contributed by atoms with Crippen molar-refractivity contribution in [3.63, 3.8) is 0 Å². The van der Waals surface area contributed by atoms with Crippen LogP contribution in [0.1, 0.15) is 52.9 Å². The Morgan fingerprint density at radius 2 is 1.79 bits per heavy atom. The van der Waals surface area contributed by atoms with Gasteiger partial charge in [0.2, 0.25) is 0 Å². The highest BCUT2D eigenvalue weighted by Gasteiger charge is 2.16. The molecule has 0 spiro atoms. The number of para-hydroxylation sites is 1. The van der Waals surface area contributed by atoms with Crippen LogP contribution in [0.2, 0.25) is 0 Å². The molecule has 0 aliphatic carbocycles. The first-order valence-electron chi connectivity index (χ1n) is 9.83.